The average molecular weight is 465 g/mol. The summed E-state index contributed by atoms with van der Waals surface area (Å²) in [4.78, 5) is 40.8. The Balaban J connectivity index is 1.66. The Hall–Kier alpha value is -4.38. The van der Waals surface area contributed by atoms with Crippen LogP contribution in [0.3, 0.4) is 0 Å². The number of non-ortho nitro benzene ring substituents is 1. The topological polar surface area (TPSA) is 159 Å². The van der Waals surface area contributed by atoms with Crippen LogP contribution in [-0.2, 0) is 4.74 Å². The Bertz CT molecular complexity index is 1520. The van der Waals surface area contributed by atoms with Gasteiger partial charge in [-0.25, -0.2) is 4.79 Å². The number of aliphatic hydroxyl groups excluding tert-OH is 1. The third-order valence-corrected chi connectivity index (χ3v) is 6.14. The molecular formula is C23H19N3O8. The number of nitrogens with one attached hydrogen (secondary N) is 1. The first-order valence-electron chi connectivity index (χ1n) is 10.3. The van der Waals surface area contributed by atoms with Gasteiger partial charge >= 0.3 is 5.97 Å². The number of anilines is 1. The zero-order chi connectivity index (χ0) is 24.3. The first kappa shape index (κ1) is 21.5. The number of aromatic hydroxyl groups is 1. The molecule has 0 saturated carbocycles. The SMILES string of the molecule is COC(=O)c1c(C)[nH]c2c(O)cc3c(c12)[C@H](CO)CN3C(=O)c1cc2cc([N+](=O)[O-])ccc2o1. The van der Waals surface area contributed by atoms with E-state index in [1.54, 1.807) is 6.92 Å². The van der Waals surface area contributed by atoms with E-state index < -0.39 is 22.7 Å². The van der Waals surface area contributed by atoms with Crippen molar-refractivity contribution in [3.63, 3.8) is 0 Å². The number of hydrogen-bond donors (Lipinski definition) is 3. The molecule has 0 aliphatic carbocycles. The van der Waals surface area contributed by atoms with Gasteiger partial charge in [0.1, 0.15) is 11.3 Å². The molecule has 0 spiro atoms. The lowest BCUT2D eigenvalue weighted by atomic mass is 9.95. The summed E-state index contributed by atoms with van der Waals surface area (Å²) in [6.45, 7) is 1.43. The van der Waals surface area contributed by atoms with Crippen molar-refractivity contribution in [1.29, 1.82) is 0 Å². The highest BCUT2D eigenvalue weighted by atomic mass is 16.6. The number of aryl methyl sites for hydroxylation is 1. The summed E-state index contributed by atoms with van der Waals surface area (Å²) >= 11 is 0. The van der Waals surface area contributed by atoms with E-state index in [4.69, 9.17) is 9.15 Å². The van der Waals surface area contributed by atoms with E-state index in [0.717, 1.165) is 0 Å². The summed E-state index contributed by atoms with van der Waals surface area (Å²) in [6, 6.07) is 6.82. The summed E-state index contributed by atoms with van der Waals surface area (Å²) < 4.78 is 10.6. The molecule has 1 aliphatic heterocycles. The van der Waals surface area contributed by atoms with Gasteiger partial charge in [0, 0.05) is 47.1 Å². The smallest absolute Gasteiger partial charge is 0.340 e. The van der Waals surface area contributed by atoms with E-state index in [0.29, 0.717) is 38.8 Å². The van der Waals surface area contributed by atoms with Crippen molar-refractivity contribution in [2.75, 3.05) is 25.2 Å². The quantitative estimate of drug-likeness (QED) is 0.235. The van der Waals surface area contributed by atoms with Crippen LogP contribution in [-0.4, -0.2) is 52.3 Å². The molecular weight excluding hydrogens is 446 g/mol. The van der Waals surface area contributed by atoms with E-state index >= 15 is 0 Å². The molecule has 0 fully saturated rings. The van der Waals surface area contributed by atoms with Gasteiger partial charge in [-0.2, -0.15) is 0 Å². The first-order chi connectivity index (χ1) is 16.2. The number of rotatable bonds is 4. The Morgan fingerprint density at radius 3 is 2.76 bits per heavy atom. The Morgan fingerprint density at radius 2 is 2.09 bits per heavy atom. The van der Waals surface area contributed by atoms with Crippen molar-refractivity contribution in [2.24, 2.45) is 0 Å². The Labute approximate surface area is 191 Å². The van der Waals surface area contributed by atoms with Crippen molar-refractivity contribution in [1.82, 2.24) is 4.98 Å². The fourth-order valence-electron chi connectivity index (χ4n) is 4.62. The number of esters is 1. The third-order valence-electron chi connectivity index (χ3n) is 6.14. The van der Waals surface area contributed by atoms with Crippen molar-refractivity contribution >= 4 is 45.1 Å². The number of ether oxygens (including phenoxy) is 1. The summed E-state index contributed by atoms with van der Waals surface area (Å²) in [6.07, 6.45) is 0. The van der Waals surface area contributed by atoms with Gasteiger partial charge in [-0.05, 0) is 24.6 Å². The number of benzene rings is 2. The Morgan fingerprint density at radius 1 is 1.32 bits per heavy atom. The zero-order valence-corrected chi connectivity index (χ0v) is 18.1. The van der Waals surface area contributed by atoms with Crippen LogP contribution in [0, 0.1) is 17.0 Å². The van der Waals surface area contributed by atoms with Crippen LogP contribution in [0.4, 0.5) is 11.4 Å². The second-order valence-electron chi connectivity index (χ2n) is 8.08. The van der Waals surface area contributed by atoms with E-state index in [1.807, 2.05) is 0 Å². The lowest BCUT2D eigenvalue weighted by Crippen LogP contribution is -2.30. The number of fused-ring (bicyclic) bond motifs is 4. The number of aromatic nitrogens is 1. The highest BCUT2D eigenvalue weighted by Crippen LogP contribution is 2.47. The second-order valence-corrected chi connectivity index (χ2v) is 8.08. The summed E-state index contributed by atoms with van der Waals surface area (Å²) in [5.74, 6) is -1.94. The van der Waals surface area contributed by atoms with E-state index in [1.165, 1.54) is 42.3 Å². The van der Waals surface area contributed by atoms with Gasteiger partial charge < -0.3 is 29.3 Å². The Kier molecular flexibility index (Phi) is 4.79. The van der Waals surface area contributed by atoms with Gasteiger partial charge in [-0.3, -0.25) is 14.9 Å². The molecule has 0 radical (unpaired) electrons. The molecule has 1 amide bonds. The van der Waals surface area contributed by atoms with Crippen molar-refractivity contribution in [2.45, 2.75) is 12.8 Å². The molecule has 0 unspecified atom stereocenters. The van der Waals surface area contributed by atoms with Crippen LogP contribution in [0.1, 0.15) is 38.1 Å². The standard InChI is InChI=1S/C23H19N3O8/c1-10-18(23(30)33-2)20-19-12(9-27)8-25(14(19)7-15(28)21(20)24-10)22(29)17-6-11-5-13(26(31)32)3-4-16(11)34-17/h3-7,12,24,27-28H,8-9H2,1-2H3/t12-/m0/s1. The summed E-state index contributed by atoms with van der Waals surface area (Å²) in [7, 11) is 1.24. The molecule has 34 heavy (non-hydrogen) atoms. The highest BCUT2D eigenvalue weighted by molar-refractivity contribution is 6.14. The van der Waals surface area contributed by atoms with Gasteiger partial charge in [0.05, 0.1) is 35.4 Å². The number of furan rings is 1. The second kappa shape index (κ2) is 7.59. The maximum Gasteiger partial charge on any atom is 0.340 e. The zero-order valence-electron chi connectivity index (χ0n) is 18.1. The molecule has 0 bridgehead atoms. The van der Waals surface area contributed by atoms with Crippen LogP contribution < -0.4 is 4.90 Å². The van der Waals surface area contributed by atoms with Gasteiger partial charge in [0.15, 0.2) is 5.76 Å². The minimum atomic E-state index is -0.614. The molecule has 1 atom stereocenters. The van der Waals surface area contributed by atoms with Gasteiger partial charge in [-0.15, -0.1) is 0 Å². The molecule has 11 heteroatoms. The number of carbonyl (C=O) groups is 2. The monoisotopic (exact) mass is 465 g/mol. The number of aromatic amines is 1. The molecule has 4 aromatic rings. The number of aliphatic hydroxyl groups is 1. The molecule has 11 nitrogen and oxygen atoms in total. The number of H-pyrrole nitrogens is 1. The lowest BCUT2D eigenvalue weighted by Gasteiger charge is -2.16. The normalized spacial score (nSPS) is 15.1. The predicted octanol–water partition coefficient (Wildman–Crippen LogP) is 3.36. The first-order valence-corrected chi connectivity index (χ1v) is 10.3. The van der Waals surface area contributed by atoms with Crippen molar-refractivity contribution in [3.05, 3.63) is 63.0 Å². The largest absolute Gasteiger partial charge is 0.506 e. The predicted molar refractivity (Wildman–Crippen MR) is 120 cm³/mol. The number of phenolic OH excluding ortho intramolecular Hbond substituents is 1. The number of phenols is 1. The number of carbonyl (C=O) groups excluding carboxylic acids is 2. The highest BCUT2D eigenvalue weighted by Gasteiger charge is 2.38. The number of nitro benzene ring substituents is 1. The van der Waals surface area contributed by atoms with Gasteiger partial charge in [0.25, 0.3) is 11.6 Å². The van der Waals surface area contributed by atoms with Gasteiger partial charge in [-0.1, -0.05) is 0 Å². The van der Waals surface area contributed by atoms with Crippen LogP contribution in [0.25, 0.3) is 21.9 Å². The van der Waals surface area contributed by atoms with Crippen molar-refractivity contribution < 1.29 is 33.9 Å². The van der Waals surface area contributed by atoms with Gasteiger partial charge in [0.2, 0.25) is 0 Å². The van der Waals surface area contributed by atoms with Crippen LogP contribution in [0.2, 0.25) is 0 Å². The third kappa shape index (κ3) is 3.01. The number of nitro groups is 1. The maximum absolute atomic E-state index is 13.4. The number of nitrogens with zero attached hydrogens (tertiary/aromatic N) is 2. The summed E-state index contributed by atoms with van der Waals surface area (Å²) in [5, 5.41) is 32.6. The van der Waals surface area contributed by atoms with E-state index in [9.17, 15) is 29.9 Å². The minimum absolute atomic E-state index is 0.0573. The fraction of sp³-hybridized carbons (Fsp3) is 0.217. The molecule has 174 valence electrons. The number of methoxy groups -OCH3 is 1. The van der Waals surface area contributed by atoms with Crippen LogP contribution in [0.5, 0.6) is 5.75 Å². The lowest BCUT2D eigenvalue weighted by molar-refractivity contribution is -0.384. The number of amides is 1. The van der Waals surface area contributed by atoms with E-state index in [2.05, 4.69) is 4.98 Å². The van der Waals surface area contributed by atoms with Crippen molar-refractivity contribution in [3.8, 4) is 5.75 Å². The minimum Gasteiger partial charge on any atom is -0.506 e. The van der Waals surface area contributed by atoms with Crippen LogP contribution in [0.15, 0.2) is 34.7 Å². The molecule has 3 N–H and O–H groups in total. The molecule has 2 aromatic heterocycles. The average Bonchev–Trinajstić information content (AvgIpc) is 3.50. The fourth-order valence-corrected chi connectivity index (χ4v) is 4.62. The van der Waals surface area contributed by atoms with E-state index in [-0.39, 0.29) is 35.9 Å². The van der Waals surface area contributed by atoms with Crippen LogP contribution >= 0.6 is 0 Å². The number of hydrogen-bond acceptors (Lipinski definition) is 8. The molecule has 3 heterocycles. The molecule has 2 aromatic carbocycles. The maximum atomic E-state index is 13.4. The molecule has 5 rings (SSSR count). The summed E-state index contributed by atoms with van der Waals surface area (Å²) in [5.41, 5.74) is 2.02. The molecule has 0 saturated heterocycles. The molecule has 1 aliphatic rings.